The second kappa shape index (κ2) is 9.70. The number of piperidine rings is 1. The van der Waals surface area contributed by atoms with Crippen LogP contribution in [0.1, 0.15) is 36.9 Å². The van der Waals surface area contributed by atoms with Crippen molar-refractivity contribution in [3.8, 4) is 11.5 Å². The molecule has 1 aliphatic heterocycles. The van der Waals surface area contributed by atoms with Gasteiger partial charge in [-0.15, -0.1) is 0 Å². The lowest BCUT2D eigenvalue weighted by Crippen LogP contribution is -2.43. The van der Waals surface area contributed by atoms with E-state index in [9.17, 15) is 13.2 Å². The summed E-state index contributed by atoms with van der Waals surface area (Å²) >= 11 is 0. The quantitative estimate of drug-likeness (QED) is 0.706. The highest BCUT2D eigenvalue weighted by Gasteiger charge is 2.32. The first-order valence-electron chi connectivity index (χ1n) is 10.4. The fraction of sp³-hybridized carbons (Fsp3) is 0.435. The van der Waals surface area contributed by atoms with Gasteiger partial charge >= 0.3 is 0 Å². The molecular formula is C23H30N2O5S. The summed E-state index contributed by atoms with van der Waals surface area (Å²) in [4.78, 5) is 13.1. The highest BCUT2D eigenvalue weighted by Crippen LogP contribution is 2.30. The Morgan fingerprint density at radius 3 is 2.23 bits per heavy atom. The number of carbonyl (C=O) groups excluding carboxylic acids is 1. The van der Waals surface area contributed by atoms with Gasteiger partial charge in [-0.3, -0.25) is 4.79 Å². The number of sulfonamides is 1. The van der Waals surface area contributed by atoms with Crippen LogP contribution in [0.3, 0.4) is 0 Å². The Bertz CT molecular complexity index is 1010. The van der Waals surface area contributed by atoms with Crippen LogP contribution in [-0.2, 0) is 14.8 Å². The van der Waals surface area contributed by atoms with Crippen LogP contribution in [0, 0.1) is 12.8 Å². The van der Waals surface area contributed by atoms with Gasteiger partial charge in [-0.1, -0.05) is 23.8 Å². The van der Waals surface area contributed by atoms with Gasteiger partial charge in [0.1, 0.15) is 0 Å². The van der Waals surface area contributed by atoms with Crippen molar-refractivity contribution in [2.24, 2.45) is 5.92 Å². The summed E-state index contributed by atoms with van der Waals surface area (Å²) in [6.45, 7) is 4.50. The average Bonchev–Trinajstić information content (AvgIpc) is 2.78. The molecule has 0 spiro atoms. The lowest BCUT2D eigenvalue weighted by Gasteiger charge is -2.31. The van der Waals surface area contributed by atoms with Crippen LogP contribution in [0.25, 0.3) is 0 Å². The monoisotopic (exact) mass is 446 g/mol. The topological polar surface area (TPSA) is 84.9 Å². The van der Waals surface area contributed by atoms with Gasteiger partial charge in [0.2, 0.25) is 15.9 Å². The van der Waals surface area contributed by atoms with E-state index >= 15 is 0 Å². The number of methoxy groups -OCH3 is 2. The Hall–Kier alpha value is -2.58. The molecule has 1 fully saturated rings. The molecule has 168 valence electrons. The molecule has 1 heterocycles. The maximum atomic E-state index is 12.9. The molecular weight excluding hydrogens is 416 g/mol. The Kier molecular flexibility index (Phi) is 7.23. The maximum Gasteiger partial charge on any atom is 0.243 e. The number of nitrogens with one attached hydrogen (secondary N) is 1. The van der Waals surface area contributed by atoms with E-state index in [1.807, 2.05) is 32.0 Å². The van der Waals surface area contributed by atoms with Gasteiger partial charge in [-0.2, -0.15) is 4.31 Å². The molecule has 7 nitrogen and oxygen atoms in total. The zero-order valence-corrected chi connectivity index (χ0v) is 19.2. The van der Waals surface area contributed by atoms with Crippen LogP contribution in [0.4, 0.5) is 0 Å². The van der Waals surface area contributed by atoms with Crippen LogP contribution in [0.2, 0.25) is 0 Å². The second-order valence-electron chi connectivity index (χ2n) is 7.84. The number of hydrogen-bond acceptors (Lipinski definition) is 5. The van der Waals surface area contributed by atoms with Crippen molar-refractivity contribution in [1.29, 1.82) is 0 Å². The van der Waals surface area contributed by atoms with Gasteiger partial charge < -0.3 is 14.8 Å². The number of carbonyl (C=O) groups is 1. The first kappa shape index (κ1) is 23.1. The van der Waals surface area contributed by atoms with Gasteiger partial charge in [0.15, 0.2) is 11.5 Å². The fourth-order valence-corrected chi connectivity index (χ4v) is 5.22. The highest BCUT2D eigenvalue weighted by molar-refractivity contribution is 7.89. The summed E-state index contributed by atoms with van der Waals surface area (Å²) in [5.74, 6) is 0.962. The van der Waals surface area contributed by atoms with Crippen LogP contribution >= 0.6 is 0 Å². The number of amides is 1. The van der Waals surface area contributed by atoms with Crippen LogP contribution in [0.15, 0.2) is 47.4 Å². The van der Waals surface area contributed by atoms with E-state index < -0.39 is 10.0 Å². The summed E-state index contributed by atoms with van der Waals surface area (Å²) in [5.41, 5.74) is 1.92. The van der Waals surface area contributed by atoms with E-state index in [1.54, 1.807) is 38.5 Å². The lowest BCUT2D eigenvalue weighted by molar-refractivity contribution is -0.126. The maximum absolute atomic E-state index is 12.9. The van der Waals surface area contributed by atoms with Gasteiger partial charge in [0, 0.05) is 19.0 Å². The Labute approximate surface area is 184 Å². The molecule has 0 radical (unpaired) electrons. The van der Waals surface area contributed by atoms with Crippen molar-refractivity contribution in [2.75, 3.05) is 27.3 Å². The molecule has 31 heavy (non-hydrogen) atoms. The molecule has 0 saturated carbocycles. The molecule has 3 rings (SSSR count). The summed E-state index contributed by atoms with van der Waals surface area (Å²) < 4.78 is 37.8. The lowest BCUT2D eigenvalue weighted by atomic mass is 9.96. The standard InChI is InChI=1S/C23H30N2O5S/c1-16-5-8-20(9-6-16)31(27,28)25-13-11-18(12-14-25)23(26)24-17(2)19-7-10-21(29-3)22(15-19)30-4/h5-10,15,17-18H,11-14H2,1-4H3,(H,24,26). The molecule has 1 atom stereocenters. The molecule has 1 unspecified atom stereocenters. The average molecular weight is 447 g/mol. The zero-order chi connectivity index (χ0) is 22.6. The first-order chi connectivity index (χ1) is 14.8. The molecule has 1 N–H and O–H groups in total. The van der Waals surface area contributed by atoms with Crippen LogP contribution < -0.4 is 14.8 Å². The van der Waals surface area contributed by atoms with E-state index in [4.69, 9.17) is 9.47 Å². The summed E-state index contributed by atoms with van der Waals surface area (Å²) in [5, 5.41) is 3.04. The Morgan fingerprint density at radius 2 is 1.65 bits per heavy atom. The molecule has 2 aromatic carbocycles. The molecule has 2 aromatic rings. The SMILES string of the molecule is COc1ccc(C(C)NC(=O)C2CCN(S(=O)(=O)c3ccc(C)cc3)CC2)cc1OC. The highest BCUT2D eigenvalue weighted by atomic mass is 32.2. The minimum Gasteiger partial charge on any atom is -0.493 e. The Morgan fingerprint density at radius 1 is 1.03 bits per heavy atom. The number of ether oxygens (including phenoxy) is 2. The van der Waals surface area contributed by atoms with E-state index in [1.165, 1.54) is 4.31 Å². The van der Waals surface area contributed by atoms with Crippen molar-refractivity contribution in [1.82, 2.24) is 9.62 Å². The summed E-state index contributed by atoms with van der Waals surface area (Å²) in [6.07, 6.45) is 0.991. The first-order valence-corrected chi connectivity index (χ1v) is 11.8. The minimum absolute atomic E-state index is 0.0605. The largest absolute Gasteiger partial charge is 0.493 e. The third kappa shape index (κ3) is 5.19. The number of rotatable bonds is 7. The molecule has 0 aliphatic carbocycles. The fourth-order valence-electron chi connectivity index (χ4n) is 3.75. The van der Waals surface area contributed by atoms with E-state index in [0.29, 0.717) is 42.3 Å². The van der Waals surface area contributed by atoms with Gasteiger partial charge in [-0.05, 0) is 56.5 Å². The molecule has 1 aliphatic rings. The van der Waals surface area contributed by atoms with Gasteiger partial charge in [0.05, 0.1) is 25.2 Å². The normalized spacial score (nSPS) is 16.5. The van der Waals surface area contributed by atoms with Crippen LogP contribution in [0.5, 0.6) is 11.5 Å². The number of hydrogen-bond donors (Lipinski definition) is 1. The molecule has 0 bridgehead atoms. The summed E-state index contributed by atoms with van der Waals surface area (Å²) in [6, 6.07) is 12.2. The predicted molar refractivity (Wildman–Crippen MR) is 119 cm³/mol. The smallest absolute Gasteiger partial charge is 0.243 e. The van der Waals surface area contributed by atoms with Crippen molar-refractivity contribution >= 4 is 15.9 Å². The molecule has 1 amide bonds. The van der Waals surface area contributed by atoms with Crippen molar-refractivity contribution in [3.05, 3.63) is 53.6 Å². The van der Waals surface area contributed by atoms with E-state index in [0.717, 1.165) is 11.1 Å². The zero-order valence-electron chi connectivity index (χ0n) is 18.4. The van der Waals surface area contributed by atoms with Crippen molar-refractivity contribution in [3.63, 3.8) is 0 Å². The Balaban J connectivity index is 1.59. The third-order valence-corrected chi connectivity index (χ3v) is 7.66. The third-order valence-electron chi connectivity index (χ3n) is 5.75. The predicted octanol–water partition coefficient (Wildman–Crippen LogP) is 3.29. The molecule has 0 aromatic heterocycles. The van der Waals surface area contributed by atoms with E-state index in [2.05, 4.69) is 5.32 Å². The van der Waals surface area contributed by atoms with Gasteiger partial charge in [0.25, 0.3) is 0 Å². The number of nitrogens with zero attached hydrogens (tertiary/aromatic N) is 1. The second-order valence-corrected chi connectivity index (χ2v) is 9.77. The van der Waals surface area contributed by atoms with Gasteiger partial charge in [-0.25, -0.2) is 8.42 Å². The molecule has 1 saturated heterocycles. The van der Waals surface area contributed by atoms with E-state index in [-0.39, 0.29) is 17.9 Å². The van der Waals surface area contributed by atoms with Crippen molar-refractivity contribution < 1.29 is 22.7 Å². The molecule has 8 heteroatoms. The number of aryl methyl sites for hydroxylation is 1. The number of benzene rings is 2. The van der Waals surface area contributed by atoms with Crippen LogP contribution in [-0.4, -0.2) is 45.9 Å². The minimum atomic E-state index is -3.53. The van der Waals surface area contributed by atoms with Crippen molar-refractivity contribution in [2.45, 2.75) is 37.6 Å². The summed E-state index contributed by atoms with van der Waals surface area (Å²) in [7, 11) is -0.382.